The normalized spacial score (nSPS) is 11.7. The van der Waals surface area contributed by atoms with Crippen LogP contribution in [0.15, 0.2) is 48.5 Å². The number of hydrogen-bond donors (Lipinski definition) is 1. The van der Waals surface area contributed by atoms with E-state index in [-0.39, 0.29) is 0 Å². The smallest absolute Gasteiger partial charge is 0.0991 e. The summed E-state index contributed by atoms with van der Waals surface area (Å²) in [6.07, 6.45) is 0.213. The number of rotatable bonds is 4. The van der Waals surface area contributed by atoms with Crippen molar-refractivity contribution in [2.75, 3.05) is 11.9 Å². The first-order chi connectivity index (χ1) is 9.67. The molecule has 1 atom stereocenters. The number of anilines is 2. The van der Waals surface area contributed by atoms with Gasteiger partial charge in [0.05, 0.1) is 17.7 Å². The Kier molecular flexibility index (Phi) is 4.39. The number of hydrogen-bond acceptors (Lipinski definition) is 3. The minimum absolute atomic E-state index is 0.466. The quantitative estimate of drug-likeness (QED) is 0.916. The van der Waals surface area contributed by atoms with Crippen LogP contribution in [0, 0.1) is 11.3 Å². The molecule has 0 heterocycles. The summed E-state index contributed by atoms with van der Waals surface area (Å²) < 4.78 is 0. The molecule has 0 spiro atoms. The SMILES string of the molecule is CC[C@H](O)c1ccccc1N(C)c1ccc(C#N)cc1. The van der Waals surface area contributed by atoms with Crippen LogP contribution in [0.5, 0.6) is 0 Å². The van der Waals surface area contributed by atoms with E-state index in [0.717, 1.165) is 16.9 Å². The monoisotopic (exact) mass is 266 g/mol. The fraction of sp³-hybridized carbons (Fsp3) is 0.235. The van der Waals surface area contributed by atoms with Crippen molar-refractivity contribution in [1.29, 1.82) is 5.26 Å². The summed E-state index contributed by atoms with van der Waals surface area (Å²) in [5, 5.41) is 19.0. The highest BCUT2D eigenvalue weighted by atomic mass is 16.3. The van der Waals surface area contributed by atoms with E-state index in [0.29, 0.717) is 12.0 Å². The maximum Gasteiger partial charge on any atom is 0.0991 e. The van der Waals surface area contributed by atoms with Crippen LogP contribution in [0.2, 0.25) is 0 Å². The van der Waals surface area contributed by atoms with Gasteiger partial charge in [-0.05, 0) is 36.8 Å². The zero-order valence-electron chi connectivity index (χ0n) is 11.7. The van der Waals surface area contributed by atoms with Gasteiger partial charge in [-0.2, -0.15) is 5.26 Å². The van der Waals surface area contributed by atoms with Crippen LogP contribution < -0.4 is 4.90 Å². The Hall–Kier alpha value is -2.31. The zero-order chi connectivity index (χ0) is 14.5. The van der Waals surface area contributed by atoms with Crippen molar-refractivity contribution in [3.05, 3.63) is 59.7 Å². The number of aliphatic hydroxyl groups excluding tert-OH is 1. The van der Waals surface area contributed by atoms with E-state index in [1.807, 2.05) is 55.3 Å². The summed E-state index contributed by atoms with van der Waals surface area (Å²) in [5.41, 5.74) is 3.53. The number of para-hydroxylation sites is 1. The number of nitrogens with zero attached hydrogens (tertiary/aromatic N) is 2. The topological polar surface area (TPSA) is 47.3 Å². The molecule has 0 unspecified atom stereocenters. The Balaban J connectivity index is 2.37. The molecular weight excluding hydrogens is 248 g/mol. The van der Waals surface area contributed by atoms with Crippen LogP contribution in [-0.4, -0.2) is 12.2 Å². The lowest BCUT2D eigenvalue weighted by molar-refractivity contribution is 0.174. The van der Waals surface area contributed by atoms with Crippen LogP contribution in [0.3, 0.4) is 0 Å². The lowest BCUT2D eigenvalue weighted by Crippen LogP contribution is -2.13. The van der Waals surface area contributed by atoms with Gasteiger partial charge in [0.25, 0.3) is 0 Å². The molecule has 0 fully saturated rings. The second kappa shape index (κ2) is 6.23. The molecule has 1 N–H and O–H groups in total. The number of benzene rings is 2. The van der Waals surface area contributed by atoms with Gasteiger partial charge in [-0.1, -0.05) is 25.1 Å². The minimum atomic E-state index is -0.466. The van der Waals surface area contributed by atoms with E-state index < -0.39 is 6.10 Å². The van der Waals surface area contributed by atoms with Gasteiger partial charge in [0, 0.05) is 24.0 Å². The van der Waals surface area contributed by atoms with Crippen molar-refractivity contribution in [3.63, 3.8) is 0 Å². The van der Waals surface area contributed by atoms with E-state index in [4.69, 9.17) is 5.26 Å². The third kappa shape index (κ3) is 2.81. The largest absolute Gasteiger partial charge is 0.388 e. The van der Waals surface area contributed by atoms with Gasteiger partial charge >= 0.3 is 0 Å². The first kappa shape index (κ1) is 14.1. The molecule has 0 saturated carbocycles. The summed E-state index contributed by atoms with van der Waals surface area (Å²) in [7, 11) is 1.96. The third-order valence-electron chi connectivity index (χ3n) is 3.43. The highest BCUT2D eigenvalue weighted by Gasteiger charge is 2.14. The van der Waals surface area contributed by atoms with Crippen molar-refractivity contribution in [3.8, 4) is 6.07 Å². The van der Waals surface area contributed by atoms with Gasteiger partial charge in [-0.15, -0.1) is 0 Å². The Morgan fingerprint density at radius 3 is 2.40 bits per heavy atom. The summed E-state index contributed by atoms with van der Waals surface area (Å²) in [6.45, 7) is 1.96. The van der Waals surface area contributed by atoms with Crippen LogP contribution >= 0.6 is 0 Å². The van der Waals surface area contributed by atoms with E-state index in [9.17, 15) is 5.11 Å². The molecule has 20 heavy (non-hydrogen) atoms. The minimum Gasteiger partial charge on any atom is -0.388 e. The van der Waals surface area contributed by atoms with Gasteiger partial charge in [0.15, 0.2) is 0 Å². The zero-order valence-corrected chi connectivity index (χ0v) is 11.7. The first-order valence-electron chi connectivity index (χ1n) is 6.68. The average Bonchev–Trinajstić information content (AvgIpc) is 2.53. The fourth-order valence-electron chi connectivity index (χ4n) is 2.19. The van der Waals surface area contributed by atoms with Crippen LogP contribution in [-0.2, 0) is 0 Å². The van der Waals surface area contributed by atoms with E-state index >= 15 is 0 Å². The molecule has 0 saturated heterocycles. The maximum atomic E-state index is 10.1. The first-order valence-corrected chi connectivity index (χ1v) is 6.68. The summed E-state index contributed by atoms with van der Waals surface area (Å²) >= 11 is 0. The molecule has 0 aliphatic carbocycles. The summed E-state index contributed by atoms with van der Waals surface area (Å²) in [5.74, 6) is 0. The van der Waals surface area contributed by atoms with Gasteiger partial charge in [0.2, 0.25) is 0 Å². The van der Waals surface area contributed by atoms with Crippen molar-refractivity contribution in [2.45, 2.75) is 19.4 Å². The molecule has 0 bridgehead atoms. The summed E-state index contributed by atoms with van der Waals surface area (Å²) in [4.78, 5) is 2.02. The van der Waals surface area contributed by atoms with Crippen LogP contribution in [0.1, 0.15) is 30.6 Å². The molecular formula is C17H18N2O. The standard InChI is InChI=1S/C17H18N2O/c1-3-17(20)15-6-4-5-7-16(15)19(2)14-10-8-13(12-18)9-11-14/h4-11,17,20H,3H2,1-2H3/t17-/m0/s1. The Labute approximate surface area is 119 Å². The van der Waals surface area contributed by atoms with Crippen LogP contribution in [0.25, 0.3) is 0 Å². The van der Waals surface area contributed by atoms with Gasteiger partial charge in [-0.3, -0.25) is 0 Å². The number of aliphatic hydroxyl groups is 1. The highest BCUT2D eigenvalue weighted by Crippen LogP contribution is 2.31. The molecule has 0 aliphatic heterocycles. The van der Waals surface area contributed by atoms with Crippen molar-refractivity contribution in [2.24, 2.45) is 0 Å². The predicted molar refractivity (Wildman–Crippen MR) is 80.9 cm³/mol. The molecule has 102 valence electrons. The highest BCUT2D eigenvalue weighted by molar-refractivity contribution is 5.66. The van der Waals surface area contributed by atoms with Crippen molar-refractivity contribution in [1.82, 2.24) is 0 Å². The van der Waals surface area contributed by atoms with E-state index in [1.54, 1.807) is 12.1 Å². The summed E-state index contributed by atoms with van der Waals surface area (Å²) in [6, 6.07) is 17.4. The Morgan fingerprint density at radius 2 is 1.80 bits per heavy atom. The maximum absolute atomic E-state index is 10.1. The molecule has 0 aliphatic rings. The second-order valence-corrected chi connectivity index (χ2v) is 4.70. The van der Waals surface area contributed by atoms with Gasteiger partial charge in [-0.25, -0.2) is 0 Å². The van der Waals surface area contributed by atoms with E-state index in [2.05, 4.69) is 6.07 Å². The molecule has 0 aromatic heterocycles. The Morgan fingerprint density at radius 1 is 1.15 bits per heavy atom. The molecule has 0 amide bonds. The lowest BCUT2D eigenvalue weighted by Gasteiger charge is -2.24. The lowest BCUT2D eigenvalue weighted by atomic mass is 10.0. The van der Waals surface area contributed by atoms with Crippen LogP contribution in [0.4, 0.5) is 11.4 Å². The molecule has 3 heteroatoms. The van der Waals surface area contributed by atoms with Crippen molar-refractivity contribution >= 4 is 11.4 Å². The predicted octanol–water partition coefficient (Wildman–Crippen LogP) is 3.77. The molecule has 3 nitrogen and oxygen atoms in total. The molecule has 0 radical (unpaired) electrons. The van der Waals surface area contributed by atoms with Gasteiger partial charge in [0.1, 0.15) is 0 Å². The third-order valence-corrected chi connectivity index (χ3v) is 3.43. The molecule has 2 aromatic carbocycles. The van der Waals surface area contributed by atoms with E-state index in [1.165, 1.54) is 0 Å². The second-order valence-electron chi connectivity index (χ2n) is 4.70. The molecule has 2 rings (SSSR count). The fourth-order valence-corrected chi connectivity index (χ4v) is 2.19. The Bertz CT molecular complexity index is 614. The van der Waals surface area contributed by atoms with Gasteiger partial charge < -0.3 is 10.0 Å². The number of nitriles is 1. The van der Waals surface area contributed by atoms with Crippen molar-refractivity contribution < 1.29 is 5.11 Å². The molecule has 2 aromatic rings. The average molecular weight is 266 g/mol.